The maximum Gasteiger partial charge on any atom is 0.189 e. The summed E-state index contributed by atoms with van der Waals surface area (Å²) in [6.45, 7) is 0.612. The molecule has 4 N–H and O–H groups in total. The molecule has 0 aromatic carbocycles. The maximum atomic E-state index is 10.1. The van der Waals surface area contributed by atoms with E-state index in [-0.39, 0.29) is 18.0 Å². The highest BCUT2D eigenvalue weighted by atomic mass is 16.4. The first-order chi connectivity index (χ1) is 9.63. The third-order valence-electron chi connectivity index (χ3n) is 3.92. The molecule has 2 atom stereocenters. The Morgan fingerprint density at radius 2 is 2.25 bits per heavy atom. The average molecular weight is 278 g/mol. The van der Waals surface area contributed by atoms with E-state index in [1.165, 1.54) is 0 Å². The lowest BCUT2D eigenvalue weighted by Gasteiger charge is -2.35. The van der Waals surface area contributed by atoms with Crippen molar-refractivity contribution in [2.45, 2.75) is 44.4 Å². The molecule has 1 heterocycles. The summed E-state index contributed by atoms with van der Waals surface area (Å²) >= 11 is 0. The molecule has 0 radical (unpaired) electrons. The van der Waals surface area contributed by atoms with Crippen molar-refractivity contribution in [2.24, 2.45) is 10.9 Å². The summed E-state index contributed by atoms with van der Waals surface area (Å²) in [5.41, 5.74) is 7.03. The largest absolute Gasteiger partial charge is 0.409 e. The molecule has 110 valence electrons. The van der Waals surface area contributed by atoms with Gasteiger partial charge in [-0.2, -0.15) is 0 Å². The predicted molar refractivity (Wildman–Crippen MR) is 76.5 cm³/mol. The van der Waals surface area contributed by atoms with Gasteiger partial charge in [0.1, 0.15) is 5.69 Å². The van der Waals surface area contributed by atoms with Crippen molar-refractivity contribution >= 4 is 5.84 Å². The van der Waals surface area contributed by atoms with E-state index in [4.69, 9.17) is 10.9 Å². The van der Waals surface area contributed by atoms with Crippen LogP contribution in [0, 0.1) is 0 Å². The Hall–Kier alpha value is -1.66. The van der Waals surface area contributed by atoms with Gasteiger partial charge in [-0.15, -0.1) is 0 Å². The van der Waals surface area contributed by atoms with Gasteiger partial charge in [0.05, 0.1) is 6.10 Å². The number of amidine groups is 1. The number of nitrogens with zero attached hydrogens (tertiary/aromatic N) is 3. The Morgan fingerprint density at radius 3 is 2.95 bits per heavy atom. The molecule has 1 aromatic rings. The highest BCUT2D eigenvalue weighted by molar-refractivity contribution is 5.96. The molecule has 1 aromatic heterocycles. The van der Waals surface area contributed by atoms with Crippen molar-refractivity contribution in [1.29, 1.82) is 0 Å². The second-order valence-electron chi connectivity index (χ2n) is 5.33. The van der Waals surface area contributed by atoms with Gasteiger partial charge >= 0.3 is 0 Å². The summed E-state index contributed by atoms with van der Waals surface area (Å²) < 4.78 is 0. The lowest BCUT2D eigenvalue weighted by molar-refractivity contribution is 0.0288. The molecular formula is C14H22N4O2. The Balaban J connectivity index is 2.13. The van der Waals surface area contributed by atoms with Crippen LogP contribution in [0.1, 0.15) is 36.9 Å². The molecule has 0 spiro atoms. The number of aliphatic hydroxyl groups excluding tert-OH is 1. The topological polar surface area (TPSA) is 95.0 Å². The van der Waals surface area contributed by atoms with E-state index in [1.807, 2.05) is 19.2 Å². The van der Waals surface area contributed by atoms with Crippen LogP contribution >= 0.6 is 0 Å². The van der Waals surface area contributed by atoms with Crippen molar-refractivity contribution in [1.82, 2.24) is 9.88 Å². The number of likely N-dealkylation sites (N-methyl/N-ethyl adjacent to an activating group) is 1. The normalized spacial score (nSPS) is 24.1. The van der Waals surface area contributed by atoms with E-state index in [9.17, 15) is 5.11 Å². The first kappa shape index (κ1) is 14.7. The average Bonchev–Trinajstić information content (AvgIpc) is 2.47. The van der Waals surface area contributed by atoms with Crippen LogP contribution in [-0.4, -0.2) is 45.2 Å². The van der Waals surface area contributed by atoms with Gasteiger partial charge in [0.15, 0.2) is 5.84 Å². The molecule has 6 nitrogen and oxygen atoms in total. The molecular weight excluding hydrogens is 256 g/mol. The monoisotopic (exact) mass is 278 g/mol. The molecule has 0 saturated heterocycles. The van der Waals surface area contributed by atoms with Crippen molar-refractivity contribution in [2.75, 3.05) is 7.05 Å². The van der Waals surface area contributed by atoms with Crippen LogP contribution in [-0.2, 0) is 6.54 Å². The van der Waals surface area contributed by atoms with Crippen LogP contribution in [0.15, 0.2) is 23.5 Å². The quantitative estimate of drug-likeness (QED) is 0.329. The predicted octanol–water partition coefficient (Wildman–Crippen LogP) is 0.911. The Morgan fingerprint density at radius 1 is 1.50 bits per heavy atom. The number of aliphatic hydroxyl groups is 1. The van der Waals surface area contributed by atoms with Gasteiger partial charge in [-0.05, 0) is 31.5 Å². The number of hydrogen-bond donors (Lipinski definition) is 3. The van der Waals surface area contributed by atoms with Crippen molar-refractivity contribution in [3.8, 4) is 0 Å². The van der Waals surface area contributed by atoms with E-state index in [0.29, 0.717) is 12.2 Å². The molecule has 20 heavy (non-hydrogen) atoms. The minimum atomic E-state index is -0.280. The summed E-state index contributed by atoms with van der Waals surface area (Å²) in [5.74, 6) is 0.0122. The van der Waals surface area contributed by atoms with Crippen LogP contribution in [0.2, 0.25) is 0 Å². The molecule has 1 aliphatic carbocycles. The van der Waals surface area contributed by atoms with Crippen LogP contribution in [0.3, 0.4) is 0 Å². The van der Waals surface area contributed by atoms with Gasteiger partial charge in [0.2, 0.25) is 0 Å². The van der Waals surface area contributed by atoms with Crippen molar-refractivity contribution in [3.05, 3.63) is 29.6 Å². The smallest absolute Gasteiger partial charge is 0.189 e. The van der Waals surface area contributed by atoms with Crippen LogP contribution < -0.4 is 5.73 Å². The zero-order valence-corrected chi connectivity index (χ0v) is 11.7. The molecule has 0 aliphatic heterocycles. The van der Waals surface area contributed by atoms with Crippen molar-refractivity contribution < 1.29 is 10.3 Å². The fraction of sp³-hybridized carbons (Fsp3) is 0.571. The van der Waals surface area contributed by atoms with E-state index < -0.39 is 0 Å². The van der Waals surface area contributed by atoms with E-state index in [1.54, 1.807) is 6.20 Å². The standard InChI is InChI=1S/C14H22N4O2/c1-18(11-6-2-3-7-12(11)19)9-10-5-4-8-16-13(10)14(15)17-20/h4-5,8,11-12,19-20H,2-3,6-7,9H2,1H3,(H2,15,17). The lowest BCUT2D eigenvalue weighted by atomic mass is 9.91. The second-order valence-corrected chi connectivity index (χ2v) is 5.33. The molecule has 0 amide bonds. The van der Waals surface area contributed by atoms with Crippen molar-refractivity contribution in [3.63, 3.8) is 0 Å². The summed E-state index contributed by atoms with van der Waals surface area (Å²) in [4.78, 5) is 6.28. The molecule has 2 rings (SSSR count). The molecule has 1 saturated carbocycles. The van der Waals surface area contributed by atoms with Gasteiger partial charge in [-0.1, -0.05) is 24.1 Å². The van der Waals surface area contributed by atoms with Gasteiger partial charge in [0.25, 0.3) is 0 Å². The van der Waals surface area contributed by atoms with E-state index in [2.05, 4.69) is 15.0 Å². The summed E-state index contributed by atoms with van der Waals surface area (Å²) in [5, 5.41) is 21.9. The zero-order chi connectivity index (χ0) is 14.5. The van der Waals surface area contributed by atoms with Crippen LogP contribution in [0.25, 0.3) is 0 Å². The number of nitrogens with two attached hydrogens (primary N) is 1. The fourth-order valence-electron chi connectivity index (χ4n) is 2.84. The SMILES string of the molecule is CN(Cc1cccnc1/C(N)=N/O)C1CCCCC1O. The minimum absolute atomic E-state index is 0.0122. The molecule has 1 aliphatic rings. The van der Waals surface area contributed by atoms with E-state index >= 15 is 0 Å². The number of oxime groups is 1. The summed E-state index contributed by atoms with van der Waals surface area (Å²) in [6.07, 6.45) is 5.43. The first-order valence-electron chi connectivity index (χ1n) is 6.93. The number of hydrogen-bond acceptors (Lipinski definition) is 5. The maximum absolute atomic E-state index is 10.1. The third kappa shape index (κ3) is 3.26. The van der Waals surface area contributed by atoms with Crippen LogP contribution in [0.5, 0.6) is 0 Å². The Labute approximate surface area is 118 Å². The third-order valence-corrected chi connectivity index (χ3v) is 3.92. The second kappa shape index (κ2) is 6.67. The van der Waals surface area contributed by atoms with Gasteiger partial charge < -0.3 is 16.0 Å². The van der Waals surface area contributed by atoms with Gasteiger partial charge in [-0.25, -0.2) is 0 Å². The Kier molecular flexibility index (Phi) is 4.92. The first-order valence-corrected chi connectivity index (χ1v) is 6.93. The zero-order valence-electron chi connectivity index (χ0n) is 11.7. The highest BCUT2D eigenvalue weighted by Crippen LogP contribution is 2.23. The molecule has 1 fully saturated rings. The number of aromatic nitrogens is 1. The van der Waals surface area contributed by atoms with Gasteiger partial charge in [-0.3, -0.25) is 9.88 Å². The molecule has 0 bridgehead atoms. The van der Waals surface area contributed by atoms with E-state index in [0.717, 1.165) is 31.2 Å². The molecule has 6 heteroatoms. The number of pyridine rings is 1. The summed E-state index contributed by atoms with van der Waals surface area (Å²) in [7, 11) is 1.99. The van der Waals surface area contributed by atoms with Gasteiger partial charge in [0, 0.05) is 18.8 Å². The highest BCUT2D eigenvalue weighted by Gasteiger charge is 2.27. The summed E-state index contributed by atoms with van der Waals surface area (Å²) in [6, 6.07) is 3.89. The van der Waals surface area contributed by atoms with Crippen LogP contribution in [0.4, 0.5) is 0 Å². The fourth-order valence-corrected chi connectivity index (χ4v) is 2.84. The molecule has 2 unspecified atom stereocenters. The minimum Gasteiger partial charge on any atom is -0.409 e. The Bertz CT molecular complexity index is 478. The number of rotatable bonds is 4. The lowest BCUT2D eigenvalue weighted by Crippen LogP contribution is -2.43.